The fraction of sp³-hybridized carbons (Fsp3) is 0.520. The molecule has 0 spiro atoms. The van der Waals surface area contributed by atoms with Crippen LogP contribution in [0.2, 0.25) is 0 Å². The van der Waals surface area contributed by atoms with Gasteiger partial charge in [-0.25, -0.2) is 4.79 Å². The van der Waals surface area contributed by atoms with E-state index in [-0.39, 0.29) is 61.8 Å². The van der Waals surface area contributed by atoms with Crippen molar-refractivity contribution in [3.05, 3.63) is 95.2 Å². The van der Waals surface area contributed by atoms with Gasteiger partial charge >= 0.3 is 5.97 Å². The van der Waals surface area contributed by atoms with Crippen LogP contribution in [0.1, 0.15) is 70.9 Å². The third-order valence-corrected chi connectivity index (χ3v) is 15.3. The molecular weight excluding hydrogens is 1040 g/mol. The number of nitrogens with zero attached hydrogens (tertiary/aromatic N) is 3. The first-order chi connectivity index (χ1) is 35.4. The standard InChI is InChI=1S/C50H69N3O19S3/c1-6-51-42-14-12-38(74(60,61)62)35-40(42)49(3,20-8-34-73(57,58)59)44(51)16-10-37(2)11-17-45-50(4,21-23-67-26-27-69-30-31-71-33-32-70-29-28-68-25-24-66-5)41-36-39(75(63,64)65)13-15-43(41)52(45)22-7-9-48(56)72-53-46(54)18-19-47(53)55/h10-19,35-36H,6-9,20-34H2,1-5H3,(H4-,54,55,57,58,59,60,61,62,63,64,65)/p+1. The average molecular weight is 1110 g/mol. The van der Waals surface area contributed by atoms with Gasteiger partial charge in [0.25, 0.3) is 30.4 Å². The third kappa shape index (κ3) is 16.7. The molecule has 2 atom stereocenters. The molecule has 22 nitrogen and oxygen atoms in total. The summed E-state index contributed by atoms with van der Waals surface area (Å²) in [6, 6.07) is 10.8. The van der Waals surface area contributed by atoms with Gasteiger partial charge in [0.1, 0.15) is 6.54 Å². The molecule has 25 heteroatoms. The minimum Gasteiger partial charge on any atom is -0.492 e. The molecule has 0 aliphatic carbocycles. The number of anilines is 1. The van der Waals surface area contributed by atoms with Gasteiger partial charge in [-0.2, -0.15) is 29.8 Å². The summed E-state index contributed by atoms with van der Waals surface area (Å²) in [5, 5.41) is 20.0. The molecule has 0 radical (unpaired) electrons. The Bertz CT molecular complexity index is 2900. The number of aromatic nitrogens is 1. The minimum atomic E-state index is -4.65. The van der Waals surface area contributed by atoms with Crippen LogP contribution in [0, 0.1) is 0 Å². The molecule has 0 bridgehead atoms. The Balaban J connectivity index is 1.41. The highest BCUT2D eigenvalue weighted by molar-refractivity contribution is 7.86. The van der Waals surface area contributed by atoms with Crippen molar-refractivity contribution in [3.8, 4) is 11.8 Å². The number of carbonyl (C=O) groups is 1. The molecule has 416 valence electrons. The number of ether oxygens (including phenoxy) is 6. The molecule has 75 heavy (non-hydrogen) atoms. The Hall–Kier alpha value is -5.03. The maximum absolute atomic E-state index is 13.0. The molecule has 0 saturated heterocycles. The lowest BCUT2D eigenvalue weighted by Gasteiger charge is -2.30. The van der Waals surface area contributed by atoms with Crippen LogP contribution in [0.15, 0.2) is 93.9 Å². The predicted molar refractivity (Wildman–Crippen MR) is 276 cm³/mol. The summed E-state index contributed by atoms with van der Waals surface area (Å²) in [4.78, 5) is 19.4. The first kappa shape index (κ1) is 60.8. The summed E-state index contributed by atoms with van der Waals surface area (Å²) < 4.78 is 139. The third-order valence-electron chi connectivity index (χ3n) is 12.8. The van der Waals surface area contributed by atoms with E-state index in [4.69, 9.17) is 33.3 Å². The van der Waals surface area contributed by atoms with Crippen LogP contribution in [0.4, 0.5) is 11.4 Å². The first-order valence-corrected chi connectivity index (χ1v) is 28.8. The SMILES string of the molecule is CCN1/C(=C/C=C(C)/C=C/C2=[N+](CCCC(=O)On3c(O)ccc3O)c3ccc(S(=O)(=O)O)cc3C2(C)CCOCCOCCOCCOCCOCCOC)C(C)(CCCS(=O)(=O)O)c2cc(S(=O)(=O)O)ccc21. The second-order valence-corrected chi connectivity index (χ2v) is 22.6. The topological polar surface area (TPSA) is 296 Å². The van der Waals surface area contributed by atoms with Crippen LogP contribution < -0.4 is 9.74 Å². The number of aromatic hydroxyl groups is 2. The van der Waals surface area contributed by atoms with E-state index in [1.54, 1.807) is 19.2 Å². The Labute approximate surface area is 439 Å². The largest absolute Gasteiger partial charge is 0.492 e. The highest BCUT2D eigenvalue weighted by Gasteiger charge is 2.48. The van der Waals surface area contributed by atoms with Crippen molar-refractivity contribution in [2.24, 2.45) is 0 Å². The van der Waals surface area contributed by atoms with E-state index in [0.29, 0.717) is 110 Å². The molecule has 3 heterocycles. The second-order valence-electron chi connectivity index (χ2n) is 18.2. The normalized spacial score (nSPS) is 18.7. The molecular formula is C50H70N3O19S3+. The molecule has 0 saturated carbocycles. The van der Waals surface area contributed by atoms with Gasteiger partial charge in [-0.15, -0.1) is 4.73 Å². The van der Waals surface area contributed by atoms with Crippen LogP contribution in [-0.4, -0.2) is 169 Å². The lowest BCUT2D eigenvalue weighted by Crippen LogP contribution is -2.33. The number of hydrogen-bond acceptors (Lipinski definition) is 17. The molecule has 2 unspecified atom stereocenters. The molecule has 5 N–H and O–H groups in total. The molecule has 0 amide bonds. The van der Waals surface area contributed by atoms with Crippen LogP contribution in [0.25, 0.3) is 0 Å². The lowest BCUT2D eigenvalue weighted by molar-refractivity contribution is -0.438. The van der Waals surface area contributed by atoms with E-state index < -0.39 is 64.7 Å². The van der Waals surface area contributed by atoms with Gasteiger partial charge in [0.2, 0.25) is 17.4 Å². The van der Waals surface area contributed by atoms with Gasteiger partial charge in [-0.3, -0.25) is 13.7 Å². The van der Waals surface area contributed by atoms with Crippen molar-refractivity contribution in [2.75, 3.05) is 104 Å². The fourth-order valence-electron chi connectivity index (χ4n) is 9.00. The van der Waals surface area contributed by atoms with Crippen LogP contribution in [0.5, 0.6) is 11.8 Å². The molecule has 5 rings (SSSR count). The van der Waals surface area contributed by atoms with Crippen molar-refractivity contribution in [1.82, 2.24) is 4.73 Å². The second kappa shape index (κ2) is 27.3. The van der Waals surface area contributed by atoms with E-state index in [9.17, 15) is 53.9 Å². The van der Waals surface area contributed by atoms with Crippen molar-refractivity contribution in [2.45, 2.75) is 80.4 Å². The molecule has 1 aromatic heterocycles. The average Bonchev–Trinajstić information content (AvgIpc) is 3.88. The van der Waals surface area contributed by atoms with E-state index in [1.807, 2.05) is 61.5 Å². The Morgan fingerprint density at radius 3 is 1.76 bits per heavy atom. The fourth-order valence-corrected chi connectivity index (χ4v) is 10.5. The van der Waals surface area contributed by atoms with Gasteiger partial charge in [0.15, 0.2) is 5.71 Å². The summed E-state index contributed by atoms with van der Waals surface area (Å²) >= 11 is 0. The number of likely N-dealkylation sites (N-methyl/N-ethyl adjacent to an activating group) is 1. The van der Waals surface area contributed by atoms with Gasteiger partial charge in [0, 0.05) is 73.3 Å². The zero-order valence-electron chi connectivity index (χ0n) is 42.9. The summed E-state index contributed by atoms with van der Waals surface area (Å²) in [6.45, 7) is 12.2. The number of methoxy groups -OCH3 is 1. The summed E-state index contributed by atoms with van der Waals surface area (Å²) in [7, 11) is -12.0. The van der Waals surface area contributed by atoms with Gasteiger partial charge in [-0.05, 0) is 88.9 Å². The van der Waals surface area contributed by atoms with Crippen LogP contribution in [0.3, 0.4) is 0 Å². The van der Waals surface area contributed by atoms with Gasteiger partial charge in [-0.1, -0.05) is 17.7 Å². The first-order valence-electron chi connectivity index (χ1n) is 24.3. The van der Waals surface area contributed by atoms with Crippen molar-refractivity contribution < 1.29 is 91.8 Å². The molecule has 2 aliphatic rings. The Kier molecular flexibility index (Phi) is 22.2. The highest BCUT2D eigenvalue weighted by Crippen LogP contribution is 2.51. The number of allylic oxidation sites excluding steroid dienone is 6. The molecule has 2 aromatic carbocycles. The number of rotatable bonds is 33. The smallest absolute Gasteiger partial charge is 0.333 e. The molecule has 3 aromatic rings. The zero-order valence-corrected chi connectivity index (χ0v) is 45.3. The van der Waals surface area contributed by atoms with Gasteiger partial charge < -0.3 is 48.4 Å². The summed E-state index contributed by atoms with van der Waals surface area (Å²) in [5.74, 6) is -2.26. The predicted octanol–water partition coefficient (Wildman–Crippen LogP) is 5.16. The Morgan fingerprint density at radius 2 is 1.23 bits per heavy atom. The van der Waals surface area contributed by atoms with Crippen molar-refractivity contribution >= 4 is 53.4 Å². The van der Waals surface area contributed by atoms with Crippen LogP contribution >= 0.6 is 0 Å². The number of carbonyl (C=O) groups excluding carboxylic acids is 1. The quantitative estimate of drug-likeness (QED) is 0.0228. The maximum atomic E-state index is 13.0. The van der Waals surface area contributed by atoms with E-state index in [2.05, 4.69) is 0 Å². The number of fused-ring (bicyclic) bond motifs is 2. The highest BCUT2D eigenvalue weighted by atomic mass is 32.2. The maximum Gasteiger partial charge on any atom is 0.333 e. The zero-order chi connectivity index (χ0) is 55.0. The lowest BCUT2D eigenvalue weighted by atomic mass is 9.76. The number of hydrogen-bond donors (Lipinski definition) is 5. The summed E-state index contributed by atoms with van der Waals surface area (Å²) in [6.07, 6.45) is 7.92. The van der Waals surface area contributed by atoms with Crippen molar-refractivity contribution in [1.29, 1.82) is 0 Å². The molecule has 2 aliphatic heterocycles. The van der Waals surface area contributed by atoms with Crippen molar-refractivity contribution in [3.63, 3.8) is 0 Å². The minimum absolute atomic E-state index is 0.0277. The summed E-state index contributed by atoms with van der Waals surface area (Å²) in [5.41, 5.74) is 2.48. The van der Waals surface area contributed by atoms with Gasteiger partial charge in [0.05, 0.1) is 93.4 Å². The molecule has 0 fully saturated rings. The number of benzene rings is 2. The Morgan fingerprint density at radius 1 is 0.693 bits per heavy atom. The van der Waals surface area contributed by atoms with E-state index >= 15 is 0 Å². The van der Waals surface area contributed by atoms with Crippen LogP contribution in [-0.2, 0) is 74.4 Å². The monoisotopic (exact) mass is 1110 g/mol. The van der Waals surface area contributed by atoms with E-state index in [0.717, 1.165) is 12.1 Å². The van der Waals surface area contributed by atoms with E-state index in [1.165, 1.54) is 24.3 Å².